The molecular weight excluding hydrogens is 322 g/mol. The van der Waals surface area contributed by atoms with Crippen LogP contribution in [0, 0.1) is 6.92 Å². The maximum absolute atomic E-state index is 10.1. The van der Waals surface area contributed by atoms with Gasteiger partial charge >= 0.3 is 0 Å². The highest BCUT2D eigenvalue weighted by molar-refractivity contribution is 7.07. The van der Waals surface area contributed by atoms with Crippen LogP contribution in [0.3, 0.4) is 0 Å². The summed E-state index contributed by atoms with van der Waals surface area (Å²) in [4.78, 5) is 4.94. The zero-order valence-electron chi connectivity index (χ0n) is 13.3. The lowest BCUT2D eigenvalue weighted by Crippen LogP contribution is -2.11. The Labute approximate surface area is 143 Å². The quantitative estimate of drug-likeness (QED) is 0.719. The van der Waals surface area contributed by atoms with Crippen molar-refractivity contribution in [3.63, 3.8) is 0 Å². The van der Waals surface area contributed by atoms with Gasteiger partial charge in [-0.05, 0) is 24.6 Å². The van der Waals surface area contributed by atoms with E-state index >= 15 is 0 Å². The number of hydrogen-bond acceptors (Lipinski definition) is 5. The number of phenolic OH excluding ortho intramolecular Hbond substituents is 2. The van der Waals surface area contributed by atoms with Crippen LogP contribution >= 0.6 is 11.3 Å². The van der Waals surface area contributed by atoms with Crippen LogP contribution in [-0.4, -0.2) is 28.2 Å². The standard InChI is InChI=1S/C18H17N3O2S/c1-12-3-5-13(6-4-12)10-20-21-16(11-24-18(21)19-2)15-8-7-14(22)9-17(15)23/h3-11,22-23H,1-2H3/b19-18?,20-10+. The Kier molecular flexibility index (Phi) is 4.48. The molecule has 0 bridgehead atoms. The fourth-order valence-corrected chi connectivity index (χ4v) is 3.06. The van der Waals surface area contributed by atoms with Crippen molar-refractivity contribution < 1.29 is 10.2 Å². The van der Waals surface area contributed by atoms with Crippen molar-refractivity contribution >= 4 is 17.6 Å². The molecule has 3 aromatic rings. The van der Waals surface area contributed by atoms with E-state index < -0.39 is 0 Å². The summed E-state index contributed by atoms with van der Waals surface area (Å²) in [6, 6.07) is 12.5. The summed E-state index contributed by atoms with van der Waals surface area (Å²) >= 11 is 1.43. The molecule has 1 aromatic heterocycles. The van der Waals surface area contributed by atoms with Gasteiger partial charge in [0.15, 0.2) is 0 Å². The minimum absolute atomic E-state index is 0.00487. The van der Waals surface area contributed by atoms with Gasteiger partial charge in [-0.1, -0.05) is 29.8 Å². The van der Waals surface area contributed by atoms with Crippen molar-refractivity contribution in [2.45, 2.75) is 6.92 Å². The van der Waals surface area contributed by atoms with Crippen LogP contribution < -0.4 is 4.80 Å². The largest absolute Gasteiger partial charge is 0.508 e. The van der Waals surface area contributed by atoms with Gasteiger partial charge in [0.25, 0.3) is 0 Å². The van der Waals surface area contributed by atoms with Crippen molar-refractivity contribution in [3.05, 3.63) is 63.8 Å². The van der Waals surface area contributed by atoms with Crippen LogP contribution in [0.2, 0.25) is 0 Å². The van der Waals surface area contributed by atoms with E-state index in [0.717, 1.165) is 5.56 Å². The molecule has 24 heavy (non-hydrogen) atoms. The predicted octanol–water partition coefficient (Wildman–Crippen LogP) is 3.35. The number of phenols is 2. The molecule has 0 fully saturated rings. The van der Waals surface area contributed by atoms with Crippen LogP contribution in [0.1, 0.15) is 11.1 Å². The van der Waals surface area contributed by atoms with E-state index in [1.807, 2.05) is 36.6 Å². The molecule has 1 heterocycles. The molecule has 0 saturated heterocycles. The molecule has 6 heteroatoms. The highest BCUT2D eigenvalue weighted by Gasteiger charge is 2.11. The first-order chi connectivity index (χ1) is 11.6. The predicted molar refractivity (Wildman–Crippen MR) is 96.7 cm³/mol. The lowest BCUT2D eigenvalue weighted by molar-refractivity contribution is 0.451. The van der Waals surface area contributed by atoms with Gasteiger partial charge in [-0.15, -0.1) is 11.3 Å². The molecule has 0 saturated carbocycles. The van der Waals surface area contributed by atoms with Crippen LogP contribution in [-0.2, 0) is 0 Å². The molecule has 2 N–H and O–H groups in total. The summed E-state index contributed by atoms with van der Waals surface area (Å²) in [5.74, 6) is 0.0105. The van der Waals surface area contributed by atoms with Gasteiger partial charge in [0.05, 0.1) is 11.9 Å². The van der Waals surface area contributed by atoms with Crippen LogP contribution in [0.4, 0.5) is 0 Å². The number of aromatic nitrogens is 1. The Morgan fingerprint density at radius 1 is 1.08 bits per heavy atom. The summed E-state index contributed by atoms with van der Waals surface area (Å²) < 4.78 is 1.68. The normalized spacial score (nSPS) is 12.2. The van der Waals surface area contributed by atoms with Crippen LogP contribution in [0.15, 0.2) is 57.9 Å². The van der Waals surface area contributed by atoms with Gasteiger partial charge in [0, 0.05) is 24.1 Å². The van der Waals surface area contributed by atoms with Crippen LogP contribution in [0.5, 0.6) is 11.5 Å². The molecule has 0 atom stereocenters. The molecule has 0 aliphatic heterocycles. The Bertz CT molecular complexity index is 953. The van der Waals surface area contributed by atoms with E-state index in [0.29, 0.717) is 16.1 Å². The number of rotatable bonds is 3. The molecule has 0 amide bonds. The third kappa shape index (κ3) is 3.23. The smallest absolute Gasteiger partial charge is 0.205 e. The van der Waals surface area contributed by atoms with Crippen molar-refractivity contribution in [3.8, 4) is 22.8 Å². The molecule has 5 nitrogen and oxygen atoms in total. The number of nitrogens with zero attached hydrogens (tertiary/aromatic N) is 3. The minimum Gasteiger partial charge on any atom is -0.508 e. The Hall–Kier alpha value is -2.86. The first-order valence-electron chi connectivity index (χ1n) is 7.35. The monoisotopic (exact) mass is 339 g/mol. The zero-order chi connectivity index (χ0) is 17.1. The molecule has 0 unspecified atom stereocenters. The summed E-state index contributed by atoms with van der Waals surface area (Å²) in [6.07, 6.45) is 1.75. The minimum atomic E-state index is -0.00487. The van der Waals surface area contributed by atoms with E-state index in [-0.39, 0.29) is 11.5 Å². The highest BCUT2D eigenvalue weighted by Crippen LogP contribution is 2.32. The van der Waals surface area contributed by atoms with E-state index in [1.54, 1.807) is 24.0 Å². The van der Waals surface area contributed by atoms with Crippen molar-refractivity contribution in [2.24, 2.45) is 10.1 Å². The number of hydrogen-bond donors (Lipinski definition) is 2. The zero-order valence-corrected chi connectivity index (χ0v) is 14.2. The lowest BCUT2D eigenvalue weighted by Gasteiger charge is -2.06. The fourth-order valence-electron chi connectivity index (χ4n) is 2.26. The number of aromatic hydroxyl groups is 2. The molecule has 122 valence electrons. The summed E-state index contributed by atoms with van der Waals surface area (Å²) in [5.41, 5.74) is 3.46. The fraction of sp³-hybridized carbons (Fsp3) is 0.111. The Balaban J connectivity index is 2.07. The first kappa shape index (κ1) is 16.0. The lowest BCUT2D eigenvalue weighted by atomic mass is 10.1. The second-order valence-electron chi connectivity index (χ2n) is 5.30. The number of aryl methyl sites for hydroxylation is 1. The van der Waals surface area contributed by atoms with E-state index in [4.69, 9.17) is 0 Å². The maximum Gasteiger partial charge on any atom is 0.205 e. The maximum atomic E-state index is 10.1. The van der Waals surface area contributed by atoms with Crippen molar-refractivity contribution in [1.29, 1.82) is 0 Å². The molecular formula is C18H17N3O2S. The van der Waals surface area contributed by atoms with E-state index in [9.17, 15) is 10.2 Å². The Morgan fingerprint density at radius 2 is 1.83 bits per heavy atom. The number of benzene rings is 2. The van der Waals surface area contributed by atoms with Gasteiger partial charge in [-0.25, -0.2) is 4.68 Å². The third-order valence-corrected chi connectivity index (χ3v) is 4.44. The van der Waals surface area contributed by atoms with E-state index in [2.05, 4.69) is 10.1 Å². The van der Waals surface area contributed by atoms with Gasteiger partial charge in [-0.3, -0.25) is 4.99 Å². The average molecular weight is 339 g/mol. The van der Waals surface area contributed by atoms with Crippen LogP contribution in [0.25, 0.3) is 11.3 Å². The molecule has 0 radical (unpaired) electrons. The Morgan fingerprint density at radius 3 is 2.50 bits per heavy atom. The molecule has 0 aliphatic carbocycles. The molecule has 0 spiro atoms. The van der Waals surface area contributed by atoms with Gasteiger partial charge in [0.2, 0.25) is 4.80 Å². The van der Waals surface area contributed by atoms with Crippen molar-refractivity contribution in [1.82, 2.24) is 4.68 Å². The number of thiazole rings is 1. The SMILES string of the molecule is CN=c1scc(-c2ccc(O)cc2O)n1/N=C/c1ccc(C)cc1. The van der Waals surface area contributed by atoms with E-state index in [1.165, 1.54) is 29.0 Å². The molecule has 0 aliphatic rings. The molecule has 3 rings (SSSR count). The summed E-state index contributed by atoms with van der Waals surface area (Å²) in [6.45, 7) is 2.04. The average Bonchev–Trinajstić information content (AvgIpc) is 2.97. The van der Waals surface area contributed by atoms with Gasteiger partial charge in [-0.2, -0.15) is 5.10 Å². The van der Waals surface area contributed by atoms with Gasteiger partial charge in [0.1, 0.15) is 11.5 Å². The summed E-state index contributed by atoms with van der Waals surface area (Å²) in [7, 11) is 1.70. The second-order valence-corrected chi connectivity index (χ2v) is 6.13. The molecule has 2 aromatic carbocycles. The van der Waals surface area contributed by atoms with Crippen molar-refractivity contribution in [2.75, 3.05) is 7.05 Å². The second kappa shape index (κ2) is 6.72. The topological polar surface area (TPSA) is 70.1 Å². The van der Waals surface area contributed by atoms with Gasteiger partial charge < -0.3 is 10.2 Å². The highest BCUT2D eigenvalue weighted by atomic mass is 32.1. The first-order valence-corrected chi connectivity index (χ1v) is 8.23. The summed E-state index contributed by atoms with van der Waals surface area (Å²) in [5, 5.41) is 26.0. The third-order valence-electron chi connectivity index (χ3n) is 3.53.